The van der Waals surface area contributed by atoms with E-state index >= 15 is 0 Å². The molecule has 1 aromatic heterocycles. The number of imidazole rings is 1. The zero-order chi connectivity index (χ0) is 14.8. The monoisotopic (exact) mass is 292 g/mol. The summed E-state index contributed by atoms with van der Waals surface area (Å²) in [6, 6.07) is -0.779. The molecule has 3 rings (SSSR count). The van der Waals surface area contributed by atoms with Gasteiger partial charge in [-0.1, -0.05) is 0 Å². The second kappa shape index (κ2) is 6.15. The number of likely N-dealkylation sites (tertiary alicyclic amines) is 1. The molecule has 21 heavy (non-hydrogen) atoms. The van der Waals surface area contributed by atoms with Crippen LogP contribution >= 0.6 is 0 Å². The molecule has 2 fully saturated rings. The summed E-state index contributed by atoms with van der Waals surface area (Å²) in [6.07, 6.45) is 8.48. The van der Waals surface area contributed by atoms with Gasteiger partial charge in [-0.3, -0.25) is 4.79 Å². The molecule has 1 aliphatic heterocycles. The number of amides is 1. The Bertz CT molecular complexity index is 490. The van der Waals surface area contributed by atoms with Gasteiger partial charge in [-0.25, -0.2) is 4.98 Å². The Labute approximate surface area is 124 Å². The molecule has 1 amide bonds. The maximum Gasteiger partial charge on any atom is 0.241 e. The number of aliphatic hydroxyl groups is 1. The SMILES string of the molecule is N[C@@H](CO)C(=O)N1CCC(c2nccn2CC2CC2)CC1. The number of nitrogens with two attached hydrogens (primary N) is 1. The fraction of sp³-hybridized carbons (Fsp3) is 0.733. The normalized spacial score (nSPS) is 21.5. The Morgan fingerprint density at radius 1 is 1.38 bits per heavy atom. The van der Waals surface area contributed by atoms with Crippen LogP contribution in [0.5, 0.6) is 0 Å². The van der Waals surface area contributed by atoms with Crippen molar-refractivity contribution in [3.05, 3.63) is 18.2 Å². The molecule has 0 unspecified atom stereocenters. The van der Waals surface area contributed by atoms with Crippen LogP contribution in [-0.2, 0) is 11.3 Å². The van der Waals surface area contributed by atoms with Crippen molar-refractivity contribution >= 4 is 5.91 Å². The molecule has 116 valence electrons. The van der Waals surface area contributed by atoms with E-state index in [2.05, 4.69) is 15.7 Å². The van der Waals surface area contributed by atoms with E-state index in [9.17, 15) is 4.79 Å². The van der Waals surface area contributed by atoms with Gasteiger partial charge in [0.1, 0.15) is 11.9 Å². The van der Waals surface area contributed by atoms with Crippen molar-refractivity contribution in [2.75, 3.05) is 19.7 Å². The van der Waals surface area contributed by atoms with Gasteiger partial charge in [-0.05, 0) is 31.6 Å². The Hall–Kier alpha value is -1.40. The first-order valence-corrected chi connectivity index (χ1v) is 7.85. The summed E-state index contributed by atoms with van der Waals surface area (Å²) in [4.78, 5) is 18.3. The fourth-order valence-corrected chi connectivity index (χ4v) is 3.08. The van der Waals surface area contributed by atoms with Gasteiger partial charge in [0.05, 0.1) is 6.61 Å². The number of carbonyl (C=O) groups excluding carboxylic acids is 1. The summed E-state index contributed by atoms with van der Waals surface area (Å²) in [5.74, 6) is 2.29. The van der Waals surface area contributed by atoms with Crippen LogP contribution in [0.4, 0.5) is 0 Å². The first-order valence-electron chi connectivity index (χ1n) is 7.85. The summed E-state index contributed by atoms with van der Waals surface area (Å²) < 4.78 is 2.29. The van der Waals surface area contributed by atoms with E-state index in [0.717, 1.165) is 25.3 Å². The minimum absolute atomic E-state index is 0.141. The van der Waals surface area contributed by atoms with E-state index in [4.69, 9.17) is 10.8 Å². The number of carbonyl (C=O) groups is 1. The number of aromatic nitrogens is 2. The number of hydrogen-bond donors (Lipinski definition) is 2. The van der Waals surface area contributed by atoms with Crippen LogP contribution in [-0.4, -0.2) is 51.2 Å². The molecular formula is C15H24N4O2. The molecule has 0 spiro atoms. The highest BCUT2D eigenvalue weighted by molar-refractivity contribution is 5.81. The summed E-state index contributed by atoms with van der Waals surface area (Å²) in [5, 5.41) is 8.98. The molecule has 0 bridgehead atoms. The van der Waals surface area contributed by atoms with Crippen molar-refractivity contribution in [3.63, 3.8) is 0 Å². The zero-order valence-electron chi connectivity index (χ0n) is 12.3. The predicted octanol–water partition coefficient (Wildman–Crippen LogP) is 0.319. The summed E-state index contributed by atoms with van der Waals surface area (Å²) >= 11 is 0. The third-order valence-corrected chi connectivity index (χ3v) is 4.59. The van der Waals surface area contributed by atoms with Gasteiger partial charge in [0.2, 0.25) is 5.91 Å². The summed E-state index contributed by atoms with van der Waals surface area (Å²) in [5.41, 5.74) is 5.60. The van der Waals surface area contributed by atoms with Crippen LogP contribution in [0.3, 0.4) is 0 Å². The average Bonchev–Trinajstić information content (AvgIpc) is 3.22. The third-order valence-electron chi connectivity index (χ3n) is 4.59. The van der Waals surface area contributed by atoms with Crippen molar-refractivity contribution in [1.82, 2.24) is 14.5 Å². The number of piperidine rings is 1. The topological polar surface area (TPSA) is 84.4 Å². The average molecular weight is 292 g/mol. The van der Waals surface area contributed by atoms with Crippen molar-refractivity contribution in [2.24, 2.45) is 11.7 Å². The standard InChI is InChI=1S/C15H24N4O2/c16-13(10-20)15(21)18-6-3-12(4-7-18)14-17-5-8-19(14)9-11-1-2-11/h5,8,11-13,20H,1-4,6-7,9-10,16H2/t13-/m0/s1. The van der Waals surface area contributed by atoms with Crippen molar-refractivity contribution in [1.29, 1.82) is 0 Å². The van der Waals surface area contributed by atoms with Gasteiger partial charge in [0.15, 0.2) is 0 Å². The van der Waals surface area contributed by atoms with E-state index in [0.29, 0.717) is 19.0 Å². The van der Waals surface area contributed by atoms with Crippen LogP contribution in [0.2, 0.25) is 0 Å². The van der Waals surface area contributed by atoms with Crippen molar-refractivity contribution in [2.45, 2.75) is 44.2 Å². The van der Waals surface area contributed by atoms with Gasteiger partial charge >= 0.3 is 0 Å². The van der Waals surface area contributed by atoms with Crippen LogP contribution < -0.4 is 5.73 Å². The first kappa shape index (κ1) is 14.5. The van der Waals surface area contributed by atoms with Gasteiger partial charge in [-0.2, -0.15) is 0 Å². The number of nitrogens with zero attached hydrogens (tertiary/aromatic N) is 3. The Balaban J connectivity index is 1.58. The maximum absolute atomic E-state index is 12.0. The Kier molecular flexibility index (Phi) is 4.26. The largest absolute Gasteiger partial charge is 0.394 e. The molecule has 6 nitrogen and oxygen atoms in total. The molecule has 1 aliphatic carbocycles. The molecule has 2 aliphatic rings. The Morgan fingerprint density at radius 2 is 2.10 bits per heavy atom. The fourth-order valence-electron chi connectivity index (χ4n) is 3.08. The highest BCUT2D eigenvalue weighted by Crippen LogP contribution is 2.33. The van der Waals surface area contributed by atoms with E-state index in [-0.39, 0.29) is 12.5 Å². The first-order chi connectivity index (χ1) is 10.2. The lowest BCUT2D eigenvalue weighted by atomic mass is 9.95. The minimum atomic E-state index is -0.779. The van der Waals surface area contributed by atoms with Crippen molar-refractivity contribution < 1.29 is 9.90 Å². The lowest BCUT2D eigenvalue weighted by molar-refractivity contribution is -0.134. The van der Waals surface area contributed by atoms with Gasteiger partial charge in [0.25, 0.3) is 0 Å². The molecule has 6 heteroatoms. The van der Waals surface area contributed by atoms with Crippen molar-refractivity contribution in [3.8, 4) is 0 Å². The number of hydrogen-bond acceptors (Lipinski definition) is 4. The van der Waals surface area contributed by atoms with E-state index in [1.54, 1.807) is 4.90 Å². The van der Waals surface area contributed by atoms with E-state index in [1.165, 1.54) is 18.7 Å². The molecule has 0 radical (unpaired) electrons. The predicted molar refractivity (Wildman–Crippen MR) is 78.6 cm³/mol. The van der Waals surface area contributed by atoms with E-state index in [1.807, 2.05) is 6.20 Å². The second-order valence-corrected chi connectivity index (χ2v) is 6.27. The quantitative estimate of drug-likeness (QED) is 0.818. The van der Waals surface area contributed by atoms with Crippen LogP contribution in [0.15, 0.2) is 12.4 Å². The molecule has 1 aromatic rings. The lowest BCUT2D eigenvalue weighted by Gasteiger charge is -2.33. The maximum atomic E-state index is 12.0. The molecule has 3 N–H and O–H groups in total. The molecule has 1 saturated carbocycles. The molecular weight excluding hydrogens is 268 g/mol. The summed E-state index contributed by atoms with van der Waals surface area (Å²) in [6.45, 7) is 2.20. The number of aliphatic hydroxyl groups excluding tert-OH is 1. The van der Waals surface area contributed by atoms with Gasteiger partial charge in [-0.15, -0.1) is 0 Å². The van der Waals surface area contributed by atoms with Gasteiger partial charge in [0, 0.05) is 37.9 Å². The summed E-state index contributed by atoms with van der Waals surface area (Å²) in [7, 11) is 0. The highest BCUT2D eigenvalue weighted by atomic mass is 16.3. The molecule has 0 aromatic carbocycles. The van der Waals surface area contributed by atoms with Crippen LogP contribution in [0, 0.1) is 5.92 Å². The minimum Gasteiger partial charge on any atom is -0.394 e. The molecule has 2 heterocycles. The zero-order valence-corrected chi connectivity index (χ0v) is 12.3. The lowest BCUT2D eigenvalue weighted by Crippen LogP contribution is -2.48. The van der Waals surface area contributed by atoms with Crippen LogP contribution in [0.25, 0.3) is 0 Å². The van der Waals surface area contributed by atoms with E-state index < -0.39 is 6.04 Å². The second-order valence-electron chi connectivity index (χ2n) is 6.27. The molecule has 1 saturated heterocycles. The third kappa shape index (κ3) is 3.27. The Morgan fingerprint density at radius 3 is 2.71 bits per heavy atom. The number of rotatable bonds is 5. The van der Waals surface area contributed by atoms with Gasteiger partial charge < -0.3 is 20.3 Å². The smallest absolute Gasteiger partial charge is 0.241 e. The highest BCUT2D eigenvalue weighted by Gasteiger charge is 2.29. The van der Waals surface area contributed by atoms with Crippen LogP contribution in [0.1, 0.15) is 37.4 Å². The molecule has 1 atom stereocenters.